The molecule has 3 aromatic carbocycles. The molecule has 0 nitrogen and oxygen atoms in total. The summed E-state index contributed by atoms with van der Waals surface area (Å²) in [6, 6.07) is 20.7. The minimum Gasteiger partial charge on any atom is -0.236 e. The van der Waals surface area contributed by atoms with E-state index in [1.807, 2.05) is 36.4 Å². The second-order valence-corrected chi connectivity index (χ2v) is 25.4. The first-order valence-corrected chi connectivity index (χ1v) is 33.3. The second kappa shape index (κ2) is 38.2. The Kier molecular flexibility index (Phi) is 33.2. The molecule has 0 bridgehead atoms. The summed E-state index contributed by atoms with van der Waals surface area (Å²) in [7, 11) is 0. The minimum absolute atomic E-state index is 0.108. The predicted octanol–water partition coefficient (Wildman–Crippen LogP) is 26.3. The molecule has 0 aromatic heterocycles. The van der Waals surface area contributed by atoms with Gasteiger partial charge in [0.2, 0.25) is 0 Å². The largest absolute Gasteiger partial charge is 0.282 e. The number of hydrogen-bond acceptors (Lipinski definition) is 0. The fraction of sp³-hybridized carbons (Fsp3) is 0.750. The van der Waals surface area contributed by atoms with Crippen LogP contribution in [0.25, 0.3) is 0 Å². The van der Waals surface area contributed by atoms with Gasteiger partial charge in [0.15, 0.2) is 18.5 Å². The molecule has 3 saturated carbocycles. The Morgan fingerprint density at radius 2 is 0.506 bits per heavy atom. The molecule has 462 valence electrons. The molecule has 0 radical (unpaired) electrons. The van der Waals surface area contributed by atoms with Crippen molar-refractivity contribution in [3.63, 3.8) is 0 Å². The van der Waals surface area contributed by atoms with E-state index in [1.165, 1.54) is 209 Å². The highest BCUT2D eigenvalue weighted by atomic mass is 19.3. The fourth-order valence-corrected chi connectivity index (χ4v) is 13.4. The van der Waals surface area contributed by atoms with Gasteiger partial charge in [0, 0.05) is 19.3 Å². The van der Waals surface area contributed by atoms with Gasteiger partial charge >= 0.3 is 0 Å². The van der Waals surface area contributed by atoms with Crippen LogP contribution < -0.4 is 0 Å². The van der Waals surface area contributed by atoms with E-state index in [1.54, 1.807) is 57.2 Å². The van der Waals surface area contributed by atoms with E-state index in [-0.39, 0.29) is 36.0 Å². The van der Waals surface area contributed by atoms with Crippen molar-refractivity contribution in [1.29, 1.82) is 0 Å². The fourth-order valence-electron chi connectivity index (χ4n) is 13.4. The van der Waals surface area contributed by atoms with E-state index in [0.717, 1.165) is 17.8 Å². The zero-order chi connectivity index (χ0) is 59.1. The Hall–Kier alpha value is -2.97. The lowest BCUT2D eigenvalue weighted by atomic mass is 9.77. The summed E-state index contributed by atoms with van der Waals surface area (Å²) in [5, 5.41) is 0. The van der Waals surface area contributed by atoms with Crippen molar-refractivity contribution in [2.45, 2.75) is 327 Å². The molecule has 0 amide bonds. The Balaban J connectivity index is 0.000000262. The lowest BCUT2D eigenvalue weighted by Crippen LogP contribution is -2.23. The molecule has 0 N–H and O–H groups in total. The van der Waals surface area contributed by atoms with E-state index in [9.17, 15) is 39.5 Å². The third kappa shape index (κ3) is 24.9. The van der Waals surface area contributed by atoms with Crippen LogP contribution in [0, 0.1) is 17.8 Å². The van der Waals surface area contributed by atoms with Crippen LogP contribution in [0.4, 0.5) is 39.5 Å². The quantitative estimate of drug-likeness (QED) is 0.0421. The molecule has 3 aliphatic carbocycles. The number of halogens is 9. The Morgan fingerprint density at radius 1 is 0.296 bits per heavy atom. The zero-order valence-electron chi connectivity index (χ0n) is 51.5. The van der Waals surface area contributed by atoms with Crippen molar-refractivity contribution in [2.75, 3.05) is 0 Å². The van der Waals surface area contributed by atoms with Gasteiger partial charge < -0.3 is 0 Å². The predicted molar refractivity (Wildman–Crippen MR) is 325 cm³/mol. The minimum atomic E-state index is -3.27. The summed E-state index contributed by atoms with van der Waals surface area (Å²) in [6.07, 6.45) is 31.9. The average molecular weight is 1150 g/mol. The van der Waals surface area contributed by atoms with Gasteiger partial charge in [0.1, 0.15) is 0 Å². The second-order valence-electron chi connectivity index (χ2n) is 25.4. The molecule has 81 heavy (non-hydrogen) atoms. The molecule has 9 heteroatoms. The van der Waals surface area contributed by atoms with Crippen molar-refractivity contribution in [3.8, 4) is 0 Å². The standard InChI is InChI=1S/C25H39F3.C24H37F3.C23H35F3/c1-3-5-6-7-8-9-10-20-11-13-21(14-12-20)22-15-17-23(18-16-22)24(26)25(27,28)19-4-2;1-3-5-6-7-8-9-19-10-12-20(13-11-19)21-14-16-22(17-15-21)23(25)24(26,27)18-4-2;1-3-5-6-7-8-18-9-11-19(12-10-18)20-13-15-21(16-14-20)22(24)23(25,26)17-4-2/h15-18,20-21,24H,3-14,19H2,1-2H3;14-17,19-20,23H,3-13,18H2,1-2H3;13-16,18-19,22H,3-12,17H2,1-2H3. The molecule has 3 atom stereocenters. The van der Waals surface area contributed by atoms with Gasteiger partial charge in [-0.3, -0.25) is 0 Å². The Labute approximate surface area is 488 Å². The number of benzene rings is 3. The molecule has 0 spiro atoms. The van der Waals surface area contributed by atoms with Gasteiger partial charge in [-0.25, -0.2) is 39.5 Å². The first-order valence-electron chi connectivity index (χ1n) is 33.3. The van der Waals surface area contributed by atoms with Crippen molar-refractivity contribution < 1.29 is 39.5 Å². The number of hydrogen-bond donors (Lipinski definition) is 0. The normalized spacial score (nSPS) is 22.0. The Morgan fingerprint density at radius 3 is 0.728 bits per heavy atom. The van der Waals surface area contributed by atoms with Crippen LogP contribution in [0.3, 0.4) is 0 Å². The van der Waals surface area contributed by atoms with Gasteiger partial charge in [0.05, 0.1) is 0 Å². The van der Waals surface area contributed by atoms with Crippen LogP contribution in [0.1, 0.15) is 342 Å². The maximum absolute atomic E-state index is 14.2. The zero-order valence-corrected chi connectivity index (χ0v) is 51.5. The first kappa shape index (κ1) is 70.5. The van der Waals surface area contributed by atoms with E-state index < -0.39 is 55.5 Å². The molecule has 0 heterocycles. The van der Waals surface area contributed by atoms with Gasteiger partial charge in [-0.2, -0.15) is 0 Å². The highest BCUT2D eigenvalue weighted by Gasteiger charge is 2.42. The maximum atomic E-state index is 14.2. The third-order valence-corrected chi connectivity index (χ3v) is 18.7. The van der Waals surface area contributed by atoms with Crippen LogP contribution >= 0.6 is 0 Å². The van der Waals surface area contributed by atoms with Crippen molar-refractivity contribution in [3.05, 3.63) is 106 Å². The van der Waals surface area contributed by atoms with Crippen molar-refractivity contribution in [2.24, 2.45) is 17.8 Å². The van der Waals surface area contributed by atoms with Gasteiger partial charge in [-0.1, -0.05) is 249 Å². The molecule has 3 aromatic rings. The van der Waals surface area contributed by atoms with Crippen LogP contribution in [0.15, 0.2) is 72.8 Å². The van der Waals surface area contributed by atoms with Crippen molar-refractivity contribution >= 4 is 0 Å². The van der Waals surface area contributed by atoms with E-state index in [0.29, 0.717) is 17.8 Å². The summed E-state index contributed by atoms with van der Waals surface area (Å²) in [6.45, 7) is 11.7. The summed E-state index contributed by atoms with van der Waals surface area (Å²) in [4.78, 5) is 0. The van der Waals surface area contributed by atoms with Gasteiger partial charge in [-0.05, 0) is 146 Å². The van der Waals surface area contributed by atoms with E-state index in [2.05, 4.69) is 20.8 Å². The third-order valence-electron chi connectivity index (χ3n) is 18.7. The lowest BCUT2D eigenvalue weighted by molar-refractivity contribution is -0.0810. The SMILES string of the molecule is CCCCCCC1CCC(c2ccc(C(F)C(F)(F)CCC)cc2)CC1.CCCCCCCC1CCC(c2ccc(C(F)C(F)(F)CCC)cc2)CC1.CCCCCCCCC1CCC(c2ccc(C(F)C(F)(F)CCC)cc2)CC1. The maximum Gasteiger partial charge on any atom is 0.282 e. The molecule has 6 rings (SSSR count). The van der Waals surface area contributed by atoms with Gasteiger partial charge in [-0.15, -0.1) is 0 Å². The summed E-state index contributed by atoms with van der Waals surface area (Å²) < 4.78 is 125. The molecular formula is C72H111F9. The van der Waals surface area contributed by atoms with Crippen LogP contribution in [0.2, 0.25) is 0 Å². The highest BCUT2D eigenvalue weighted by Crippen LogP contribution is 2.45. The van der Waals surface area contributed by atoms with E-state index in [4.69, 9.17) is 0 Å². The van der Waals surface area contributed by atoms with Crippen LogP contribution in [0.5, 0.6) is 0 Å². The average Bonchev–Trinajstić information content (AvgIpc) is 3.47. The smallest absolute Gasteiger partial charge is 0.236 e. The molecule has 0 aliphatic heterocycles. The Bertz CT molecular complexity index is 2010. The van der Waals surface area contributed by atoms with Crippen molar-refractivity contribution in [1.82, 2.24) is 0 Å². The summed E-state index contributed by atoms with van der Waals surface area (Å²) in [5.74, 6) is -5.75. The molecule has 3 unspecified atom stereocenters. The number of unbranched alkanes of at least 4 members (excludes halogenated alkanes) is 12. The highest BCUT2D eigenvalue weighted by molar-refractivity contribution is 5.30. The lowest BCUT2D eigenvalue weighted by Gasteiger charge is -2.29. The molecule has 3 aliphatic rings. The van der Waals surface area contributed by atoms with E-state index >= 15 is 0 Å². The topological polar surface area (TPSA) is 0 Å². The monoisotopic (exact) mass is 1150 g/mol. The van der Waals surface area contributed by atoms with Crippen LogP contribution in [-0.4, -0.2) is 17.8 Å². The number of alkyl halides is 9. The summed E-state index contributed by atoms with van der Waals surface area (Å²) in [5.41, 5.74) is 3.89. The summed E-state index contributed by atoms with van der Waals surface area (Å²) >= 11 is 0. The molecule has 3 fully saturated rings. The molecular weight excluding hydrogens is 1040 g/mol. The first-order chi connectivity index (χ1) is 38.9. The number of rotatable bonds is 33. The van der Waals surface area contributed by atoms with Crippen LogP contribution in [-0.2, 0) is 0 Å². The molecule has 0 saturated heterocycles. The van der Waals surface area contributed by atoms with Gasteiger partial charge in [0.25, 0.3) is 17.8 Å².